The Balaban J connectivity index is 1.56. The summed E-state index contributed by atoms with van der Waals surface area (Å²) in [6, 6.07) is 12.0. The van der Waals surface area contributed by atoms with Gasteiger partial charge in [-0.25, -0.2) is 13.2 Å². The number of rotatable bonds is 7. The third-order valence-corrected chi connectivity index (χ3v) is 5.90. The van der Waals surface area contributed by atoms with Gasteiger partial charge < -0.3 is 14.2 Å². The second-order valence-electron chi connectivity index (χ2n) is 8.16. The Morgan fingerprint density at radius 3 is 1.91 bits per heavy atom. The molecule has 0 atom stereocenters. The van der Waals surface area contributed by atoms with Crippen LogP contribution in [0.3, 0.4) is 0 Å². The van der Waals surface area contributed by atoms with Crippen molar-refractivity contribution in [3.8, 4) is 28.0 Å². The van der Waals surface area contributed by atoms with Crippen LogP contribution in [0.5, 0.6) is 5.75 Å². The van der Waals surface area contributed by atoms with Crippen LogP contribution in [0.25, 0.3) is 22.3 Å². The van der Waals surface area contributed by atoms with E-state index < -0.39 is 29.2 Å². The third kappa shape index (κ3) is 4.84. The van der Waals surface area contributed by atoms with Crippen molar-refractivity contribution in [2.75, 3.05) is 19.7 Å². The molecule has 0 bridgehead atoms. The van der Waals surface area contributed by atoms with Crippen molar-refractivity contribution in [3.05, 3.63) is 77.4 Å². The highest BCUT2D eigenvalue weighted by molar-refractivity contribution is 6.08. The lowest BCUT2D eigenvalue weighted by atomic mass is 9.94. The summed E-state index contributed by atoms with van der Waals surface area (Å²) in [7, 11) is 1.68. The number of ether oxygens (including phenoxy) is 3. The summed E-state index contributed by atoms with van der Waals surface area (Å²) in [5, 5.41) is 0. The van der Waals surface area contributed by atoms with Crippen molar-refractivity contribution in [2.24, 2.45) is 0 Å². The summed E-state index contributed by atoms with van der Waals surface area (Å²) < 4.78 is 74.9. The van der Waals surface area contributed by atoms with Crippen LogP contribution in [0.4, 0.5) is 17.6 Å². The van der Waals surface area contributed by atoms with Gasteiger partial charge in [-0.3, -0.25) is 0 Å². The summed E-state index contributed by atoms with van der Waals surface area (Å²) in [5.41, 5.74) is 1.15. The molecule has 4 rings (SSSR count). The molecule has 3 aromatic rings. The highest BCUT2D eigenvalue weighted by atomic mass is 19.2. The zero-order chi connectivity index (χ0) is 24.2. The molecule has 178 valence electrons. The quantitative estimate of drug-likeness (QED) is 0.321. The van der Waals surface area contributed by atoms with Crippen LogP contribution in [0.2, 0.25) is 0 Å². The van der Waals surface area contributed by atoms with E-state index in [2.05, 4.69) is 0 Å². The fraction of sp³-hybridized carbons (Fsp3) is 0.308. The minimum Gasteiger partial charge on any atom is -0.500 e. The third-order valence-electron chi connectivity index (χ3n) is 5.90. The van der Waals surface area contributed by atoms with Crippen molar-refractivity contribution in [3.63, 3.8) is 0 Å². The maximum atomic E-state index is 15.0. The Bertz CT molecular complexity index is 1150. The molecule has 0 saturated carbocycles. The molecule has 1 saturated heterocycles. The molecule has 3 nitrogen and oxygen atoms in total. The first-order valence-corrected chi connectivity index (χ1v) is 11.4. The summed E-state index contributed by atoms with van der Waals surface area (Å²) >= 11 is 0. The second-order valence-corrected chi connectivity index (χ2v) is 8.16. The minimum absolute atomic E-state index is 0.0492. The lowest BCUT2D eigenvalue weighted by Crippen LogP contribution is -2.31. The highest BCUT2D eigenvalue weighted by Crippen LogP contribution is 2.34. The predicted molar refractivity (Wildman–Crippen MR) is 125 cm³/mol. The Hall–Kier alpha value is -2.84. The lowest BCUT2D eigenvalue weighted by molar-refractivity contribution is -0.190. The Kier molecular flexibility index (Phi) is 7.58. The molecule has 0 spiro atoms. The number of halogens is 4. The molecule has 0 unspecified atom stereocenters. The summed E-state index contributed by atoms with van der Waals surface area (Å²) in [4.78, 5) is 0. The number of hydrogen-bond acceptors (Lipinski definition) is 3. The van der Waals surface area contributed by atoms with Gasteiger partial charge in [0, 0.05) is 17.0 Å². The number of benzene rings is 3. The van der Waals surface area contributed by atoms with Crippen molar-refractivity contribution >= 4 is 7.85 Å². The van der Waals surface area contributed by atoms with Crippen LogP contribution >= 0.6 is 0 Å². The van der Waals surface area contributed by atoms with Gasteiger partial charge in [-0.2, -0.15) is 4.39 Å². The van der Waals surface area contributed by atoms with E-state index in [4.69, 9.17) is 14.2 Å². The van der Waals surface area contributed by atoms with Gasteiger partial charge in [-0.15, -0.1) is 0 Å². The minimum atomic E-state index is -1.07. The second kappa shape index (κ2) is 10.6. The first kappa shape index (κ1) is 24.3. The summed E-state index contributed by atoms with van der Waals surface area (Å²) in [5.74, 6) is -4.56. The van der Waals surface area contributed by atoms with Crippen LogP contribution in [0, 0.1) is 23.3 Å². The van der Waals surface area contributed by atoms with Crippen molar-refractivity contribution in [1.82, 2.24) is 0 Å². The van der Waals surface area contributed by atoms with Gasteiger partial charge in [-0.05, 0) is 35.2 Å². The fourth-order valence-corrected chi connectivity index (χ4v) is 4.08. The summed E-state index contributed by atoms with van der Waals surface area (Å²) in [6.45, 7) is 2.76. The maximum Gasteiger partial charge on any atom is 0.201 e. The molecule has 1 aliphatic heterocycles. The van der Waals surface area contributed by atoms with Gasteiger partial charge in [0.05, 0.1) is 19.7 Å². The molecule has 34 heavy (non-hydrogen) atoms. The Morgan fingerprint density at radius 1 is 0.794 bits per heavy atom. The molecular weight excluding hydrogens is 447 g/mol. The van der Waals surface area contributed by atoms with Crippen molar-refractivity contribution < 1.29 is 31.8 Å². The van der Waals surface area contributed by atoms with Gasteiger partial charge in [0.15, 0.2) is 37.3 Å². The monoisotopic (exact) mass is 472 g/mol. The van der Waals surface area contributed by atoms with E-state index in [1.54, 1.807) is 26.0 Å². The van der Waals surface area contributed by atoms with Gasteiger partial charge in [-0.1, -0.05) is 49.7 Å². The molecule has 0 aromatic heterocycles. The van der Waals surface area contributed by atoms with E-state index in [0.717, 1.165) is 12.8 Å². The fourth-order valence-electron chi connectivity index (χ4n) is 4.08. The summed E-state index contributed by atoms with van der Waals surface area (Å²) in [6.07, 6.45) is 1.36. The number of hydrogen-bond donors (Lipinski definition) is 0. The normalized spacial score (nSPS) is 18.1. The molecule has 1 heterocycles. The van der Waals surface area contributed by atoms with E-state index in [9.17, 15) is 17.6 Å². The van der Waals surface area contributed by atoms with Crippen molar-refractivity contribution in [2.45, 2.75) is 32.0 Å². The van der Waals surface area contributed by atoms with Gasteiger partial charge in [0.2, 0.25) is 5.82 Å². The van der Waals surface area contributed by atoms with E-state index in [1.807, 2.05) is 6.92 Å². The molecule has 1 fully saturated rings. The molecule has 0 amide bonds. The topological polar surface area (TPSA) is 27.7 Å². The molecule has 3 aromatic carbocycles. The predicted octanol–water partition coefficient (Wildman–Crippen LogP) is 5.80. The van der Waals surface area contributed by atoms with Crippen LogP contribution in [-0.2, 0) is 9.47 Å². The van der Waals surface area contributed by atoms with Crippen LogP contribution in [-0.4, -0.2) is 33.9 Å². The Labute approximate surface area is 197 Å². The average molecular weight is 472 g/mol. The van der Waals surface area contributed by atoms with Gasteiger partial charge in [0.1, 0.15) is 0 Å². The van der Waals surface area contributed by atoms with E-state index >= 15 is 0 Å². The maximum absolute atomic E-state index is 15.0. The van der Waals surface area contributed by atoms with E-state index in [0.29, 0.717) is 11.1 Å². The van der Waals surface area contributed by atoms with Crippen LogP contribution in [0.1, 0.15) is 31.2 Å². The molecule has 1 aliphatic rings. The smallest absolute Gasteiger partial charge is 0.201 e. The zero-order valence-corrected chi connectivity index (χ0v) is 19.0. The highest BCUT2D eigenvalue weighted by Gasteiger charge is 2.27. The van der Waals surface area contributed by atoms with E-state index in [1.165, 1.54) is 30.3 Å². The lowest BCUT2D eigenvalue weighted by Gasteiger charge is -2.29. The van der Waals surface area contributed by atoms with Crippen molar-refractivity contribution in [1.29, 1.82) is 0 Å². The Morgan fingerprint density at radius 2 is 1.35 bits per heavy atom. The standard InChI is InChI=1S/C26H25BF4O3/c1-2-3-22-32-12-17(13-33-22)20-9-8-18(23(28)24(20)29)15-4-6-16(7-5-15)19-10-11-21(34-14-27)26(31)25(19)30/h4-11,17,22H,2-3,12-14,27H2,1H3. The molecule has 0 radical (unpaired) electrons. The SMILES string of the molecule is BCOc1ccc(-c2ccc(-c3ccc(C4COC(CCC)OC4)c(F)c3F)cc2)c(F)c1F. The molecular formula is C26H25BF4O3. The van der Waals surface area contributed by atoms with Crippen LogP contribution < -0.4 is 4.74 Å². The van der Waals surface area contributed by atoms with Gasteiger partial charge in [0.25, 0.3) is 0 Å². The zero-order valence-electron chi connectivity index (χ0n) is 19.0. The van der Waals surface area contributed by atoms with Gasteiger partial charge >= 0.3 is 0 Å². The first-order chi connectivity index (χ1) is 16.4. The first-order valence-electron chi connectivity index (χ1n) is 11.4. The largest absolute Gasteiger partial charge is 0.500 e. The average Bonchev–Trinajstić information content (AvgIpc) is 2.85. The molecule has 8 heteroatoms. The molecule has 0 N–H and O–H groups in total. The molecule has 0 aliphatic carbocycles. The van der Waals surface area contributed by atoms with E-state index in [-0.39, 0.29) is 48.4 Å². The van der Waals surface area contributed by atoms with Crippen LogP contribution in [0.15, 0.2) is 48.5 Å².